The summed E-state index contributed by atoms with van der Waals surface area (Å²) in [5.41, 5.74) is 2.23. The van der Waals surface area contributed by atoms with Crippen molar-refractivity contribution in [2.75, 3.05) is 18.0 Å². The smallest absolute Gasteiger partial charge is 0.326 e. The van der Waals surface area contributed by atoms with Crippen LogP contribution in [0.25, 0.3) is 0 Å². The fourth-order valence-electron chi connectivity index (χ4n) is 3.07. The Morgan fingerprint density at radius 3 is 2.93 bits per heavy atom. The molecular formula is C19H20N6O3S. The summed E-state index contributed by atoms with van der Waals surface area (Å²) >= 11 is 1.22. The monoisotopic (exact) mass is 412 g/mol. The molecule has 0 saturated carbocycles. The minimum atomic E-state index is -0.211. The van der Waals surface area contributed by atoms with Crippen LogP contribution in [0.15, 0.2) is 35.1 Å². The van der Waals surface area contributed by atoms with Crippen LogP contribution in [-0.2, 0) is 13.1 Å². The molecule has 1 aliphatic heterocycles. The van der Waals surface area contributed by atoms with Crippen LogP contribution >= 0.6 is 11.3 Å². The second kappa shape index (κ2) is 8.00. The maximum atomic E-state index is 12.8. The average Bonchev–Trinajstić information content (AvgIpc) is 3.40. The molecule has 0 unspecified atom stereocenters. The van der Waals surface area contributed by atoms with Gasteiger partial charge in [-0.1, -0.05) is 22.6 Å². The number of aryl methyl sites for hydroxylation is 2. The van der Waals surface area contributed by atoms with Crippen LogP contribution in [0.1, 0.15) is 32.4 Å². The summed E-state index contributed by atoms with van der Waals surface area (Å²) in [7, 11) is 0. The van der Waals surface area contributed by atoms with Crippen LogP contribution in [0.4, 0.5) is 9.93 Å². The zero-order valence-electron chi connectivity index (χ0n) is 16.1. The lowest BCUT2D eigenvalue weighted by atomic mass is 10.3. The number of carbonyl (C=O) groups excluding carboxylic acids is 2. The summed E-state index contributed by atoms with van der Waals surface area (Å²) in [5.74, 6) is 0.498. The Balaban J connectivity index is 1.42. The number of amides is 3. The molecular weight excluding hydrogens is 392 g/mol. The van der Waals surface area contributed by atoms with Crippen LogP contribution < -0.4 is 10.2 Å². The molecule has 29 heavy (non-hydrogen) atoms. The van der Waals surface area contributed by atoms with Crippen molar-refractivity contribution >= 4 is 28.4 Å². The van der Waals surface area contributed by atoms with E-state index in [1.54, 1.807) is 29.1 Å². The van der Waals surface area contributed by atoms with Crippen molar-refractivity contribution in [3.8, 4) is 0 Å². The van der Waals surface area contributed by atoms with E-state index in [1.807, 2.05) is 25.1 Å². The van der Waals surface area contributed by atoms with Gasteiger partial charge in [-0.15, -0.1) is 0 Å². The Bertz CT molecular complexity index is 1030. The number of carbonyl (C=O) groups is 2. The fourth-order valence-corrected chi connectivity index (χ4v) is 4.07. The molecule has 0 radical (unpaired) electrons. The number of anilines is 1. The zero-order chi connectivity index (χ0) is 20.4. The number of hydrogen-bond acceptors (Lipinski definition) is 7. The van der Waals surface area contributed by atoms with Crippen molar-refractivity contribution in [2.45, 2.75) is 26.9 Å². The third-order valence-corrected chi connectivity index (χ3v) is 5.70. The SMILES string of the molecule is Cc1cc(CN2CCN(c3nc(C)c(C(=O)NCc4cccnc4)s3)C2=O)no1. The topological polar surface area (TPSA) is 104 Å². The molecule has 150 valence electrons. The molecule has 1 aliphatic rings. The third kappa shape index (κ3) is 4.11. The molecule has 4 heterocycles. The van der Waals surface area contributed by atoms with Gasteiger partial charge >= 0.3 is 6.03 Å². The number of nitrogens with zero attached hydrogens (tertiary/aromatic N) is 5. The highest BCUT2D eigenvalue weighted by molar-refractivity contribution is 7.17. The van der Waals surface area contributed by atoms with Gasteiger partial charge in [-0.05, 0) is 25.5 Å². The molecule has 0 spiro atoms. The van der Waals surface area contributed by atoms with E-state index < -0.39 is 0 Å². The molecule has 0 aliphatic carbocycles. The highest BCUT2D eigenvalue weighted by Crippen LogP contribution is 2.29. The second-order valence-corrected chi connectivity index (χ2v) is 7.72. The number of urea groups is 1. The van der Waals surface area contributed by atoms with Crippen molar-refractivity contribution in [1.82, 2.24) is 25.3 Å². The molecule has 9 nitrogen and oxygen atoms in total. The van der Waals surface area contributed by atoms with Crippen LogP contribution in [0.3, 0.4) is 0 Å². The van der Waals surface area contributed by atoms with Crippen LogP contribution in [-0.4, -0.2) is 45.1 Å². The van der Waals surface area contributed by atoms with Gasteiger partial charge in [0.2, 0.25) is 0 Å². The normalized spacial score (nSPS) is 13.9. The Morgan fingerprint density at radius 1 is 1.34 bits per heavy atom. The van der Waals surface area contributed by atoms with E-state index in [0.717, 1.165) is 5.56 Å². The molecule has 1 fully saturated rings. The summed E-state index contributed by atoms with van der Waals surface area (Å²) in [6, 6.07) is 5.38. The van der Waals surface area contributed by atoms with Gasteiger partial charge in [0.15, 0.2) is 5.13 Å². The fraction of sp³-hybridized carbons (Fsp3) is 0.316. The first-order valence-electron chi connectivity index (χ1n) is 9.14. The molecule has 0 aromatic carbocycles. The molecule has 4 rings (SSSR count). The average molecular weight is 412 g/mol. The molecule has 1 saturated heterocycles. The van der Waals surface area contributed by atoms with Gasteiger partial charge in [0.25, 0.3) is 5.91 Å². The van der Waals surface area contributed by atoms with Gasteiger partial charge in [-0.3, -0.25) is 14.7 Å². The van der Waals surface area contributed by atoms with E-state index in [4.69, 9.17) is 4.52 Å². The van der Waals surface area contributed by atoms with Gasteiger partial charge < -0.3 is 14.7 Å². The van der Waals surface area contributed by atoms with E-state index >= 15 is 0 Å². The third-order valence-electron chi connectivity index (χ3n) is 4.52. The van der Waals surface area contributed by atoms with E-state index in [2.05, 4.69) is 20.4 Å². The van der Waals surface area contributed by atoms with Gasteiger partial charge in [-0.25, -0.2) is 9.78 Å². The number of rotatable bonds is 6. The quantitative estimate of drug-likeness (QED) is 0.667. The minimum Gasteiger partial charge on any atom is -0.361 e. The number of nitrogens with one attached hydrogen (secondary N) is 1. The summed E-state index contributed by atoms with van der Waals surface area (Å²) in [6.45, 7) is 5.43. The standard InChI is InChI=1S/C19H20N6O3S/c1-12-8-15(23-28-12)11-24-6-7-25(19(24)27)18-22-13(2)16(29-18)17(26)21-10-14-4-3-5-20-9-14/h3-5,8-9H,6-7,10-11H2,1-2H3,(H,21,26). The Labute approximate surface area is 171 Å². The predicted molar refractivity (Wildman–Crippen MR) is 107 cm³/mol. The Morgan fingerprint density at radius 2 is 2.21 bits per heavy atom. The van der Waals surface area contributed by atoms with Crippen LogP contribution in [0.5, 0.6) is 0 Å². The molecule has 3 amide bonds. The van der Waals surface area contributed by atoms with Gasteiger partial charge in [-0.2, -0.15) is 0 Å². The number of thiazole rings is 1. The lowest BCUT2D eigenvalue weighted by Gasteiger charge is -2.15. The second-order valence-electron chi connectivity index (χ2n) is 6.74. The summed E-state index contributed by atoms with van der Waals surface area (Å²) in [5, 5.41) is 7.34. The summed E-state index contributed by atoms with van der Waals surface area (Å²) < 4.78 is 5.06. The van der Waals surface area contributed by atoms with E-state index in [1.165, 1.54) is 11.3 Å². The summed E-state index contributed by atoms with van der Waals surface area (Å²) in [6.07, 6.45) is 3.39. The van der Waals surface area contributed by atoms with Crippen LogP contribution in [0, 0.1) is 13.8 Å². The highest BCUT2D eigenvalue weighted by Gasteiger charge is 2.33. The lowest BCUT2D eigenvalue weighted by Crippen LogP contribution is -2.31. The van der Waals surface area contributed by atoms with Crippen molar-refractivity contribution in [1.29, 1.82) is 0 Å². The molecule has 10 heteroatoms. The largest absolute Gasteiger partial charge is 0.361 e. The number of pyridine rings is 1. The number of hydrogen-bond donors (Lipinski definition) is 1. The van der Waals surface area contributed by atoms with Crippen molar-refractivity contribution < 1.29 is 14.1 Å². The maximum Gasteiger partial charge on any atom is 0.326 e. The van der Waals surface area contributed by atoms with Gasteiger partial charge in [0.1, 0.15) is 16.3 Å². The van der Waals surface area contributed by atoms with Crippen LogP contribution in [0.2, 0.25) is 0 Å². The van der Waals surface area contributed by atoms with Gasteiger partial charge in [0, 0.05) is 38.1 Å². The highest BCUT2D eigenvalue weighted by atomic mass is 32.1. The number of aromatic nitrogens is 3. The Kier molecular flexibility index (Phi) is 5.26. The molecule has 0 atom stereocenters. The molecule has 3 aromatic heterocycles. The predicted octanol–water partition coefficient (Wildman–Crippen LogP) is 2.52. The van der Waals surface area contributed by atoms with Crippen molar-refractivity contribution in [3.05, 3.63) is 58.2 Å². The molecule has 3 aromatic rings. The summed E-state index contributed by atoms with van der Waals surface area (Å²) in [4.78, 5) is 37.6. The zero-order valence-corrected chi connectivity index (χ0v) is 16.9. The first kappa shape index (κ1) is 19.1. The van der Waals surface area contributed by atoms with Gasteiger partial charge in [0.05, 0.1) is 12.2 Å². The Hall–Kier alpha value is -3.27. The minimum absolute atomic E-state index is 0.151. The van der Waals surface area contributed by atoms with Crippen molar-refractivity contribution in [2.24, 2.45) is 0 Å². The van der Waals surface area contributed by atoms with E-state index in [-0.39, 0.29) is 11.9 Å². The van der Waals surface area contributed by atoms with E-state index in [0.29, 0.717) is 53.3 Å². The first-order chi connectivity index (χ1) is 14.0. The van der Waals surface area contributed by atoms with E-state index in [9.17, 15) is 9.59 Å². The molecule has 1 N–H and O–H groups in total. The molecule has 0 bridgehead atoms. The van der Waals surface area contributed by atoms with Crippen molar-refractivity contribution in [3.63, 3.8) is 0 Å². The maximum absolute atomic E-state index is 12.8. The lowest BCUT2D eigenvalue weighted by molar-refractivity contribution is 0.0954. The first-order valence-corrected chi connectivity index (χ1v) is 9.96.